The van der Waals surface area contributed by atoms with E-state index in [4.69, 9.17) is 5.11 Å². The van der Waals surface area contributed by atoms with E-state index in [1.54, 1.807) is 0 Å². The maximum Gasteiger partial charge on any atom is 0.305 e. The Morgan fingerprint density at radius 1 is 1.17 bits per heavy atom. The molecule has 4 nitrogen and oxygen atoms in total. The van der Waals surface area contributed by atoms with E-state index in [-0.39, 0.29) is 12.3 Å². The van der Waals surface area contributed by atoms with Gasteiger partial charge in [-0.05, 0) is 25.7 Å². The molecule has 0 spiro atoms. The van der Waals surface area contributed by atoms with Crippen molar-refractivity contribution >= 4 is 11.9 Å². The van der Waals surface area contributed by atoms with Crippen LogP contribution in [-0.4, -0.2) is 22.5 Å². The Hall–Kier alpha value is -1.06. The Balaban J connectivity index is 2.19. The van der Waals surface area contributed by atoms with Crippen molar-refractivity contribution in [3.63, 3.8) is 0 Å². The Morgan fingerprint density at radius 2 is 1.83 bits per heavy atom. The van der Waals surface area contributed by atoms with E-state index in [0.717, 1.165) is 32.1 Å². The largest absolute Gasteiger partial charge is 0.481 e. The van der Waals surface area contributed by atoms with Crippen molar-refractivity contribution < 1.29 is 14.7 Å². The summed E-state index contributed by atoms with van der Waals surface area (Å²) in [6.07, 6.45) is 8.84. The number of carbonyl (C=O) groups excluding carboxylic acids is 1. The van der Waals surface area contributed by atoms with Crippen LogP contribution in [0, 0.1) is 0 Å². The lowest BCUT2D eigenvalue weighted by Gasteiger charge is -2.41. The van der Waals surface area contributed by atoms with Gasteiger partial charge in [-0.2, -0.15) is 0 Å². The van der Waals surface area contributed by atoms with Crippen molar-refractivity contribution in [2.45, 2.75) is 76.7 Å². The fourth-order valence-electron chi connectivity index (χ4n) is 2.49. The Labute approximate surface area is 109 Å². The van der Waals surface area contributed by atoms with Crippen LogP contribution in [0.5, 0.6) is 0 Å². The van der Waals surface area contributed by atoms with Crippen LogP contribution in [0.1, 0.15) is 71.1 Å². The van der Waals surface area contributed by atoms with Gasteiger partial charge >= 0.3 is 5.97 Å². The second-order valence-electron chi connectivity index (χ2n) is 5.42. The normalized spacial score (nSPS) is 16.9. The van der Waals surface area contributed by atoms with Gasteiger partial charge in [-0.15, -0.1) is 0 Å². The maximum absolute atomic E-state index is 11.8. The molecule has 104 valence electrons. The number of nitrogens with one attached hydrogen (secondary N) is 1. The molecule has 18 heavy (non-hydrogen) atoms. The fraction of sp³-hybridized carbons (Fsp3) is 0.857. The monoisotopic (exact) mass is 255 g/mol. The molecule has 0 aliphatic heterocycles. The Kier molecular flexibility index (Phi) is 6.16. The zero-order valence-corrected chi connectivity index (χ0v) is 11.3. The second-order valence-corrected chi connectivity index (χ2v) is 5.42. The van der Waals surface area contributed by atoms with Gasteiger partial charge in [0.1, 0.15) is 0 Å². The number of hydrogen-bond donors (Lipinski definition) is 2. The molecule has 1 aliphatic rings. The predicted octanol–water partition coefficient (Wildman–Crippen LogP) is 2.86. The van der Waals surface area contributed by atoms with Crippen LogP contribution in [0.4, 0.5) is 0 Å². The first kappa shape index (κ1) is 15.0. The average molecular weight is 255 g/mol. The summed E-state index contributed by atoms with van der Waals surface area (Å²) in [5, 5.41) is 11.8. The molecule has 1 rings (SSSR count). The zero-order valence-electron chi connectivity index (χ0n) is 11.3. The number of carboxylic acids is 1. The molecular weight excluding hydrogens is 230 g/mol. The summed E-state index contributed by atoms with van der Waals surface area (Å²) in [7, 11) is 0. The third kappa shape index (κ3) is 5.07. The van der Waals surface area contributed by atoms with E-state index in [0.29, 0.717) is 6.42 Å². The average Bonchev–Trinajstić information content (AvgIpc) is 2.25. The summed E-state index contributed by atoms with van der Waals surface area (Å²) in [6.45, 7) is 2.17. The van der Waals surface area contributed by atoms with Crippen molar-refractivity contribution in [2.75, 3.05) is 0 Å². The van der Waals surface area contributed by atoms with Crippen molar-refractivity contribution in [2.24, 2.45) is 0 Å². The highest BCUT2D eigenvalue weighted by molar-refractivity contribution is 5.78. The Morgan fingerprint density at radius 3 is 2.33 bits per heavy atom. The number of rotatable bonds is 9. The quantitative estimate of drug-likeness (QED) is 0.623. The molecule has 1 saturated carbocycles. The molecule has 4 heteroatoms. The van der Waals surface area contributed by atoms with Gasteiger partial charge in [-0.1, -0.05) is 32.6 Å². The fourth-order valence-corrected chi connectivity index (χ4v) is 2.49. The van der Waals surface area contributed by atoms with Gasteiger partial charge in [0.2, 0.25) is 5.91 Å². The molecule has 0 saturated heterocycles. The summed E-state index contributed by atoms with van der Waals surface area (Å²) in [6, 6.07) is 0. The molecule has 1 fully saturated rings. The minimum Gasteiger partial charge on any atom is -0.481 e. The van der Waals surface area contributed by atoms with E-state index in [9.17, 15) is 9.59 Å². The van der Waals surface area contributed by atoms with Gasteiger partial charge in [0, 0.05) is 6.42 Å². The molecule has 0 bridgehead atoms. The van der Waals surface area contributed by atoms with Gasteiger partial charge in [0.15, 0.2) is 0 Å². The third-order valence-electron chi connectivity index (χ3n) is 3.71. The summed E-state index contributed by atoms with van der Waals surface area (Å²) >= 11 is 0. The molecule has 0 unspecified atom stereocenters. The van der Waals surface area contributed by atoms with Crippen molar-refractivity contribution in [1.82, 2.24) is 5.32 Å². The van der Waals surface area contributed by atoms with Gasteiger partial charge in [-0.3, -0.25) is 9.59 Å². The van der Waals surface area contributed by atoms with Crippen LogP contribution in [-0.2, 0) is 9.59 Å². The summed E-state index contributed by atoms with van der Waals surface area (Å²) < 4.78 is 0. The van der Waals surface area contributed by atoms with Crippen molar-refractivity contribution in [1.29, 1.82) is 0 Å². The van der Waals surface area contributed by atoms with Crippen LogP contribution in [0.25, 0.3) is 0 Å². The number of aliphatic carboxylic acids is 1. The van der Waals surface area contributed by atoms with Crippen LogP contribution in [0.3, 0.4) is 0 Å². The third-order valence-corrected chi connectivity index (χ3v) is 3.71. The van der Waals surface area contributed by atoms with Gasteiger partial charge < -0.3 is 10.4 Å². The van der Waals surface area contributed by atoms with Gasteiger partial charge in [0.05, 0.1) is 12.0 Å². The van der Waals surface area contributed by atoms with Crippen molar-refractivity contribution in [3.05, 3.63) is 0 Å². The first-order valence-corrected chi connectivity index (χ1v) is 7.11. The summed E-state index contributed by atoms with van der Waals surface area (Å²) in [4.78, 5) is 22.5. The molecule has 0 radical (unpaired) electrons. The maximum atomic E-state index is 11.8. The second kappa shape index (κ2) is 7.39. The number of hydrogen-bond acceptors (Lipinski definition) is 2. The van der Waals surface area contributed by atoms with E-state index >= 15 is 0 Å². The zero-order chi connectivity index (χ0) is 13.4. The first-order chi connectivity index (χ1) is 8.58. The molecular formula is C14H25NO3. The van der Waals surface area contributed by atoms with E-state index < -0.39 is 11.5 Å². The van der Waals surface area contributed by atoms with Crippen LogP contribution in [0.2, 0.25) is 0 Å². The Bertz CT molecular complexity index is 285. The van der Waals surface area contributed by atoms with Crippen LogP contribution < -0.4 is 5.32 Å². The lowest BCUT2D eigenvalue weighted by atomic mass is 9.74. The van der Waals surface area contributed by atoms with Crippen LogP contribution >= 0.6 is 0 Å². The minimum atomic E-state index is -0.821. The number of amides is 1. The number of unbranched alkanes of at least 4 members (excludes halogenated alkanes) is 4. The molecule has 2 N–H and O–H groups in total. The predicted molar refractivity (Wildman–Crippen MR) is 70.4 cm³/mol. The van der Waals surface area contributed by atoms with E-state index in [1.807, 2.05) is 0 Å². The number of carboxylic acid groups (broad SMARTS) is 1. The highest BCUT2D eigenvalue weighted by Gasteiger charge is 2.40. The van der Waals surface area contributed by atoms with Gasteiger partial charge in [-0.25, -0.2) is 0 Å². The van der Waals surface area contributed by atoms with E-state index in [1.165, 1.54) is 19.3 Å². The summed E-state index contributed by atoms with van der Waals surface area (Å²) in [5.41, 5.74) is -0.438. The van der Waals surface area contributed by atoms with Crippen molar-refractivity contribution in [3.8, 4) is 0 Å². The standard InChI is InChI=1S/C14H25NO3/c1-2-3-4-5-6-8-12(16)15-14(9-7-10-14)11-13(17)18/h2-11H2,1H3,(H,15,16)(H,17,18). The minimum absolute atomic E-state index is 0.0208. The SMILES string of the molecule is CCCCCCCC(=O)NC1(CC(=O)O)CCC1. The highest BCUT2D eigenvalue weighted by atomic mass is 16.4. The molecule has 0 aromatic rings. The highest BCUT2D eigenvalue weighted by Crippen LogP contribution is 2.35. The molecule has 0 atom stereocenters. The van der Waals surface area contributed by atoms with Gasteiger partial charge in [0.25, 0.3) is 0 Å². The molecule has 0 aromatic carbocycles. The van der Waals surface area contributed by atoms with E-state index in [2.05, 4.69) is 12.2 Å². The first-order valence-electron chi connectivity index (χ1n) is 7.11. The summed E-state index contributed by atoms with van der Waals surface area (Å²) in [5.74, 6) is -0.801. The molecule has 1 aliphatic carbocycles. The van der Waals surface area contributed by atoms with Crippen LogP contribution in [0.15, 0.2) is 0 Å². The lowest BCUT2D eigenvalue weighted by molar-refractivity contribution is -0.140. The number of carbonyl (C=O) groups is 2. The smallest absolute Gasteiger partial charge is 0.305 e. The lowest BCUT2D eigenvalue weighted by Crippen LogP contribution is -2.54. The molecule has 0 aromatic heterocycles. The topological polar surface area (TPSA) is 66.4 Å². The molecule has 0 heterocycles. The molecule has 1 amide bonds.